The largest absolute Gasteiger partial charge is 0.497 e. The number of anilines is 2. The Kier molecular flexibility index (Phi) is 5.85. The second-order valence-corrected chi connectivity index (χ2v) is 8.07. The van der Waals surface area contributed by atoms with Crippen LogP contribution in [0.3, 0.4) is 0 Å². The first kappa shape index (κ1) is 19.5. The van der Waals surface area contributed by atoms with Crippen LogP contribution in [0.15, 0.2) is 42.5 Å². The van der Waals surface area contributed by atoms with Crippen LogP contribution in [0.1, 0.15) is 19.8 Å². The summed E-state index contributed by atoms with van der Waals surface area (Å²) >= 11 is 1.65. The number of thiazole rings is 1. The van der Waals surface area contributed by atoms with Gasteiger partial charge in [-0.3, -0.25) is 4.79 Å². The van der Waals surface area contributed by atoms with Crippen molar-refractivity contribution >= 4 is 38.3 Å². The van der Waals surface area contributed by atoms with Crippen LogP contribution in [-0.4, -0.2) is 37.7 Å². The summed E-state index contributed by atoms with van der Waals surface area (Å²) in [7, 11) is 1.63. The number of carbonyl (C=O) groups excluding carboxylic acids is 1. The van der Waals surface area contributed by atoms with Crippen LogP contribution in [-0.2, 0) is 4.79 Å². The van der Waals surface area contributed by atoms with Crippen molar-refractivity contribution in [3.8, 4) is 11.5 Å². The molecule has 1 N–H and O–H groups in total. The summed E-state index contributed by atoms with van der Waals surface area (Å²) in [6.07, 6.45) is 1.86. The molecular weight excluding hydrogens is 386 g/mol. The first-order valence-electron chi connectivity index (χ1n) is 9.89. The van der Waals surface area contributed by atoms with Gasteiger partial charge in [0.15, 0.2) is 5.13 Å². The average Bonchev–Trinajstić information content (AvgIpc) is 3.18. The van der Waals surface area contributed by atoms with Gasteiger partial charge in [-0.25, -0.2) is 4.98 Å². The number of aromatic nitrogens is 1. The van der Waals surface area contributed by atoms with Gasteiger partial charge in [-0.15, -0.1) is 0 Å². The predicted octanol–water partition coefficient (Wildman–Crippen LogP) is 4.56. The lowest BCUT2D eigenvalue weighted by Gasteiger charge is -2.31. The minimum Gasteiger partial charge on any atom is -0.497 e. The lowest BCUT2D eigenvalue weighted by atomic mass is 9.97. The number of amides is 1. The van der Waals surface area contributed by atoms with Crippen molar-refractivity contribution in [3.63, 3.8) is 0 Å². The number of fused-ring (bicyclic) bond motifs is 1. The lowest BCUT2D eigenvalue weighted by Crippen LogP contribution is -2.40. The fourth-order valence-electron chi connectivity index (χ4n) is 3.57. The van der Waals surface area contributed by atoms with E-state index in [0.717, 1.165) is 51.9 Å². The van der Waals surface area contributed by atoms with Crippen LogP contribution in [0.2, 0.25) is 0 Å². The molecule has 152 valence electrons. The van der Waals surface area contributed by atoms with Crippen molar-refractivity contribution in [2.75, 3.05) is 37.0 Å². The number of methoxy groups -OCH3 is 1. The second kappa shape index (κ2) is 8.69. The number of carbonyl (C=O) groups is 1. The number of hydrogen-bond donors (Lipinski definition) is 1. The zero-order valence-electron chi connectivity index (χ0n) is 16.7. The number of piperidine rings is 1. The highest BCUT2D eigenvalue weighted by molar-refractivity contribution is 7.22. The van der Waals surface area contributed by atoms with Crippen molar-refractivity contribution in [2.45, 2.75) is 19.8 Å². The SMILES string of the molecule is CCOc1ccc2nc(N3CCCC(C(=O)Nc4ccc(OC)cc4)C3)sc2c1. The third-order valence-corrected chi connectivity index (χ3v) is 6.16. The molecule has 1 unspecified atom stereocenters. The fraction of sp³-hybridized carbons (Fsp3) is 0.364. The van der Waals surface area contributed by atoms with Crippen LogP contribution in [0.4, 0.5) is 10.8 Å². The van der Waals surface area contributed by atoms with Crippen molar-refractivity contribution < 1.29 is 14.3 Å². The number of hydrogen-bond acceptors (Lipinski definition) is 6. The topological polar surface area (TPSA) is 63.7 Å². The molecule has 1 amide bonds. The number of benzene rings is 2. The Morgan fingerprint density at radius 2 is 2.03 bits per heavy atom. The number of rotatable bonds is 6. The summed E-state index contributed by atoms with van der Waals surface area (Å²) < 4.78 is 11.9. The van der Waals surface area contributed by atoms with Crippen molar-refractivity contribution in [1.82, 2.24) is 4.98 Å². The number of ether oxygens (including phenoxy) is 2. The third kappa shape index (κ3) is 4.45. The van der Waals surface area contributed by atoms with Gasteiger partial charge >= 0.3 is 0 Å². The summed E-state index contributed by atoms with van der Waals surface area (Å²) in [6.45, 7) is 4.23. The monoisotopic (exact) mass is 411 g/mol. The molecule has 0 bridgehead atoms. The molecule has 7 heteroatoms. The van der Waals surface area contributed by atoms with Gasteiger partial charge in [0.1, 0.15) is 11.5 Å². The molecule has 1 saturated heterocycles. The number of nitrogens with zero attached hydrogens (tertiary/aromatic N) is 2. The normalized spacial score (nSPS) is 16.6. The van der Waals surface area contributed by atoms with Gasteiger partial charge in [0.05, 0.1) is 29.9 Å². The first-order chi connectivity index (χ1) is 14.2. The highest BCUT2D eigenvalue weighted by Crippen LogP contribution is 2.33. The predicted molar refractivity (Wildman–Crippen MR) is 117 cm³/mol. The van der Waals surface area contributed by atoms with E-state index in [1.54, 1.807) is 18.4 Å². The van der Waals surface area contributed by atoms with E-state index in [0.29, 0.717) is 13.2 Å². The van der Waals surface area contributed by atoms with Crippen LogP contribution in [0, 0.1) is 5.92 Å². The summed E-state index contributed by atoms with van der Waals surface area (Å²) in [4.78, 5) is 19.8. The highest BCUT2D eigenvalue weighted by atomic mass is 32.1. The molecule has 29 heavy (non-hydrogen) atoms. The first-order valence-corrected chi connectivity index (χ1v) is 10.7. The molecule has 2 heterocycles. The van der Waals surface area contributed by atoms with E-state index in [9.17, 15) is 4.79 Å². The Bertz CT molecular complexity index is 987. The average molecular weight is 412 g/mol. The van der Waals surface area contributed by atoms with Gasteiger partial charge in [0.25, 0.3) is 0 Å². The minimum absolute atomic E-state index is 0.0552. The quantitative estimate of drug-likeness (QED) is 0.644. The van der Waals surface area contributed by atoms with Crippen molar-refractivity contribution in [3.05, 3.63) is 42.5 Å². The zero-order valence-corrected chi connectivity index (χ0v) is 17.5. The second-order valence-electron chi connectivity index (χ2n) is 7.06. The maximum absolute atomic E-state index is 12.8. The van der Waals surface area contributed by atoms with Gasteiger partial charge in [0, 0.05) is 18.8 Å². The minimum atomic E-state index is -0.0585. The molecule has 0 aliphatic carbocycles. The smallest absolute Gasteiger partial charge is 0.229 e. The molecule has 0 saturated carbocycles. The Morgan fingerprint density at radius 3 is 2.79 bits per heavy atom. The molecule has 1 aliphatic rings. The van der Waals surface area contributed by atoms with E-state index >= 15 is 0 Å². The molecule has 2 aromatic carbocycles. The Balaban J connectivity index is 1.44. The maximum Gasteiger partial charge on any atom is 0.229 e. The van der Waals surface area contributed by atoms with Crippen molar-refractivity contribution in [2.24, 2.45) is 5.92 Å². The summed E-state index contributed by atoms with van der Waals surface area (Å²) in [5.74, 6) is 1.64. The standard InChI is InChI=1S/C22H25N3O3S/c1-3-28-18-10-11-19-20(13-18)29-22(24-19)25-12-4-5-15(14-25)21(26)23-16-6-8-17(27-2)9-7-16/h6-11,13,15H,3-5,12,14H2,1-2H3,(H,23,26). The van der Waals surface area contributed by atoms with E-state index in [2.05, 4.69) is 10.2 Å². The molecule has 1 aliphatic heterocycles. The Morgan fingerprint density at radius 1 is 1.24 bits per heavy atom. The Labute approximate surface area is 174 Å². The van der Waals surface area contributed by atoms with E-state index in [4.69, 9.17) is 14.5 Å². The van der Waals surface area contributed by atoms with Crippen LogP contribution in [0.5, 0.6) is 11.5 Å². The van der Waals surface area contributed by atoms with Crippen molar-refractivity contribution in [1.29, 1.82) is 0 Å². The molecular formula is C22H25N3O3S. The van der Waals surface area contributed by atoms with E-state index in [1.807, 2.05) is 49.4 Å². The highest BCUT2D eigenvalue weighted by Gasteiger charge is 2.27. The molecule has 0 spiro atoms. The van der Waals surface area contributed by atoms with Gasteiger partial charge in [-0.1, -0.05) is 11.3 Å². The Hall–Kier alpha value is -2.80. The summed E-state index contributed by atoms with van der Waals surface area (Å²) in [6, 6.07) is 13.4. The van der Waals surface area contributed by atoms with Crippen LogP contribution in [0.25, 0.3) is 10.2 Å². The van der Waals surface area contributed by atoms with Gasteiger partial charge in [0.2, 0.25) is 5.91 Å². The molecule has 1 fully saturated rings. The molecule has 1 atom stereocenters. The van der Waals surface area contributed by atoms with E-state index in [1.165, 1.54) is 0 Å². The van der Waals surface area contributed by atoms with Crippen LogP contribution < -0.4 is 19.7 Å². The molecule has 4 rings (SSSR count). The van der Waals surface area contributed by atoms with Gasteiger partial charge < -0.3 is 19.7 Å². The summed E-state index contributed by atoms with van der Waals surface area (Å²) in [5, 5.41) is 4.00. The molecule has 3 aromatic rings. The van der Waals surface area contributed by atoms with Crippen LogP contribution >= 0.6 is 11.3 Å². The van der Waals surface area contributed by atoms with E-state index < -0.39 is 0 Å². The molecule has 0 radical (unpaired) electrons. The number of nitrogens with one attached hydrogen (secondary N) is 1. The summed E-state index contributed by atoms with van der Waals surface area (Å²) in [5.41, 5.74) is 1.76. The third-order valence-electron chi connectivity index (χ3n) is 5.08. The fourth-order valence-corrected chi connectivity index (χ4v) is 4.60. The van der Waals surface area contributed by atoms with E-state index in [-0.39, 0.29) is 11.8 Å². The van der Waals surface area contributed by atoms with Gasteiger partial charge in [-0.05, 0) is 62.2 Å². The zero-order chi connectivity index (χ0) is 20.2. The maximum atomic E-state index is 12.8. The molecule has 1 aromatic heterocycles. The molecule has 6 nitrogen and oxygen atoms in total. The van der Waals surface area contributed by atoms with Gasteiger partial charge in [-0.2, -0.15) is 0 Å². The lowest BCUT2D eigenvalue weighted by molar-refractivity contribution is -0.120.